The second kappa shape index (κ2) is 8.76. The van der Waals surface area contributed by atoms with Gasteiger partial charge in [-0.25, -0.2) is 15.1 Å². The number of aryl methyl sites for hydroxylation is 1. The van der Waals surface area contributed by atoms with E-state index in [0.29, 0.717) is 27.8 Å². The predicted octanol–water partition coefficient (Wildman–Crippen LogP) is 4.51. The monoisotopic (exact) mass is 412 g/mol. The lowest BCUT2D eigenvalue weighted by molar-refractivity contribution is 0.0538. The van der Waals surface area contributed by atoms with E-state index in [-0.39, 0.29) is 5.91 Å². The van der Waals surface area contributed by atoms with Crippen molar-refractivity contribution in [2.75, 3.05) is 17.7 Å². The van der Waals surface area contributed by atoms with Gasteiger partial charge in [0, 0.05) is 17.8 Å². The van der Waals surface area contributed by atoms with Gasteiger partial charge in [0.15, 0.2) is 0 Å². The minimum atomic E-state index is -0.375. The van der Waals surface area contributed by atoms with Gasteiger partial charge in [0.1, 0.15) is 11.6 Å². The second-order valence-electron chi connectivity index (χ2n) is 6.30. The zero-order chi connectivity index (χ0) is 21.0. The minimum absolute atomic E-state index is 0.375. The number of carbonyl (C=O) groups excluding carboxylic acids is 1. The number of amides is 1. The molecule has 150 valence electrons. The maximum absolute atomic E-state index is 12.2. The first-order valence-corrected chi connectivity index (χ1v) is 9.11. The van der Waals surface area contributed by atoms with Crippen molar-refractivity contribution >= 4 is 46.2 Å². The molecule has 0 saturated heterocycles. The number of halogens is 1. The zero-order valence-electron chi connectivity index (χ0n) is 16.3. The summed E-state index contributed by atoms with van der Waals surface area (Å²) < 4.78 is 1.70. The smallest absolute Gasteiger partial charge is 0.276 e. The highest BCUT2D eigenvalue weighted by Gasteiger charge is 2.13. The van der Waals surface area contributed by atoms with Crippen LogP contribution in [-0.2, 0) is 4.84 Å². The van der Waals surface area contributed by atoms with E-state index in [1.165, 1.54) is 13.3 Å². The van der Waals surface area contributed by atoms with Crippen molar-refractivity contribution in [1.82, 2.24) is 20.2 Å². The number of hydroxylamine groups is 1. The highest BCUT2D eigenvalue weighted by atomic mass is 35.5. The number of anilines is 4. The molecule has 8 nitrogen and oxygen atoms in total. The SMILES string of the molecule is C=C(C)n1nc(C)cc1Nc1cc(Nc2ccccc2C(=O)NOC)c(Cl)cn1. The molecular weight excluding hydrogens is 392 g/mol. The number of nitrogens with one attached hydrogen (secondary N) is 3. The van der Waals surface area contributed by atoms with Crippen molar-refractivity contribution in [2.45, 2.75) is 13.8 Å². The van der Waals surface area contributed by atoms with Crippen molar-refractivity contribution in [3.63, 3.8) is 0 Å². The molecule has 0 unspecified atom stereocenters. The molecule has 0 fully saturated rings. The van der Waals surface area contributed by atoms with Crippen LogP contribution in [-0.4, -0.2) is 27.8 Å². The van der Waals surface area contributed by atoms with Crippen molar-refractivity contribution < 1.29 is 9.63 Å². The third kappa shape index (κ3) is 4.74. The summed E-state index contributed by atoms with van der Waals surface area (Å²) in [5, 5.41) is 11.2. The number of aromatic nitrogens is 3. The van der Waals surface area contributed by atoms with E-state index in [1.54, 1.807) is 28.9 Å². The van der Waals surface area contributed by atoms with Crippen LogP contribution >= 0.6 is 11.6 Å². The molecule has 9 heteroatoms. The van der Waals surface area contributed by atoms with Gasteiger partial charge in [-0.05, 0) is 26.0 Å². The van der Waals surface area contributed by atoms with Crippen LogP contribution in [0.4, 0.5) is 23.0 Å². The molecule has 1 amide bonds. The molecule has 1 aromatic carbocycles. The maximum atomic E-state index is 12.2. The zero-order valence-corrected chi connectivity index (χ0v) is 17.0. The number of rotatable bonds is 7. The maximum Gasteiger partial charge on any atom is 0.276 e. The van der Waals surface area contributed by atoms with Crippen LogP contribution < -0.4 is 16.1 Å². The molecule has 0 aliphatic rings. The van der Waals surface area contributed by atoms with Crippen molar-refractivity contribution in [3.8, 4) is 0 Å². The van der Waals surface area contributed by atoms with Crippen molar-refractivity contribution in [3.05, 3.63) is 65.5 Å². The summed E-state index contributed by atoms with van der Waals surface area (Å²) in [4.78, 5) is 21.2. The Bertz CT molecular complexity index is 1060. The number of pyridine rings is 1. The van der Waals surface area contributed by atoms with Crippen LogP contribution in [0.15, 0.2) is 49.2 Å². The summed E-state index contributed by atoms with van der Waals surface area (Å²) in [5.41, 5.74) is 5.49. The Kier molecular flexibility index (Phi) is 6.16. The predicted molar refractivity (Wildman–Crippen MR) is 115 cm³/mol. The lowest BCUT2D eigenvalue weighted by atomic mass is 10.1. The van der Waals surface area contributed by atoms with Crippen LogP contribution in [0, 0.1) is 6.92 Å². The van der Waals surface area contributed by atoms with E-state index in [9.17, 15) is 4.79 Å². The summed E-state index contributed by atoms with van der Waals surface area (Å²) in [5.74, 6) is 0.911. The summed E-state index contributed by atoms with van der Waals surface area (Å²) in [7, 11) is 1.38. The van der Waals surface area contributed by atoms with Gasteiger partial charge in [-0.15, -0.1) is 0 Å². The Hall–Kier alpha value is -3.36. The Morgan fingerprint density at radius 1 is 1.21 bits per heavy atom. The van der Waals surface area contributed by atoms with Gasteiger partial charge < -0.3 is 10.6 Å². The first-order chi connectivity index (χ1) is 13.9. The molecule has 0 aliphatic carbocycles. The topological polar surface area (TPSA) is 93.1 Å². The number of hydrogen-bond acceptors (Lipinski definition) is 6. The van der Waals surface area contributed by atoms with E-state index >= 15 is 0 Å². The molecule has 3 N–H and O–H groups in total. The molecule has 2 aromatic heterocycles. The number of benzene rings is 1. The Morgan fingerprint density at radius 3 is 2.69 bits per heavy atom. The molecule has 3 rings (SSSR count). The van der Waals surface area contributed by atoms with Crippen LogP contribution in [0.2, 0.25) is 5.02 Å². The molecule has 0 bridgehead atoms. The molecule has 0 spiro atoms. The summed E-state index contributed by atoms with van der Waals surface area (Å²) in [6.07, 6.45) is 1.53. The van der Waals surface area contributed by atoms with Crippen LogP contribution in [0.5, 0.6) is 0 Å². The fourth-order valence-corrected chi connectivity index (χ4v) is 2.85. The number of para-hydroxylation sites is 1. The first-order valence-electron chi connectivity index (χ1n) is 8.73. The quantitative estimate of drug-likeness (QED) is 0.494. The fourth-order valence-electron chi connectivity index (χ4n) is 2.70. The van der Waals surface area contributed by atoms with E-state index in [1.807, 2.05) is 26.0 Å². The van der Waals surface area contributed by atoms with Gasteiger partial charge >= 0.3 is 0 Å². The van der Waals surface area contributed by atoms with Gasteiger partial charge in [-0.2, -0.15) is 5.10 Å². The van der Waals surface area contributed by atoms with E-state index in [2.05, 4.69) is 32.8 Å². The summed E-state index contributed by atoms with van der Waals surface area (Å²) >= 11 is 6.32. The largest absolute Gasteiger partial charge is 0.353 e. The molecule has 3 aromatic rings. The Balaban J connectivity index is 1.90. The lowest BCUT2D eigenvalue weighted by Crippen LogP contribution is -2.22. The number of carbonyl (C=O) groups is 1. The van der Waals surface area contributed by atoms with E-state index in [4.69, 9.17) is 16.4 Å². The highest BCUT2D eigenvalue weighted by Crippen LogP contribution is 2.30. The van der Waals surface area contributed by atoms with Gasteiger partial charge in [0.2, 0.25) is 0 Å². The average molecular weight is 413 g/mol. The van der Waals surface area contributed by atoms with Gasteiger partial charge in [0.05, 0.1) is 41.0 Å². The minimum Gasteiger partial charge on any atom is -0.353 e. The molecule has 0 aliphatic heterocycles. The summed E-state index contributed by atoms with van der Waals surface area (Å²) in [6, 6.07) is 10.7. The van der Waals surface area contributed by atoms with Crippen molar-refractivity contribution in [1.29, 1.82) is 0 Å². The average Bonchev–Trinajstić information content (AvgIpc) is 3.05. The normalized spacial score (nSPS) is 10.5. The number of nitrogens with zero attached hydrogens (tertiary/aromatic N) is 3. The molecule has 29 heavy (non-hydrogen) atoms. The third-order valence-electron chi connectivity index (χ3n) is 3.94. The summed E-state index contributed by atoms with van der Waals surface area (Å²) in [6.45, 7) is 7.69. The van der Waals surface area contributed by atoms with Gasteiger partial charge in [-0.1, -0.05) is 30.3 Å². The molecule has 2 heterocycles. The lowest BCUT2D eigenvalue weighted by Gasteiger charge is -2.14. The highest BCUT2D eigenvalue weighted by molar-refractivity contribution is 6.33. The standard InChI is InChI=1S/C20H21ClN6O2/c1-12(2)27-19(9-13(3)25-27)24-18-10-17(15(21)11-22-18)23-16-8-6-5-7-14(16)20(28)26-29-4/h5-11H,1H2,2-4H3,(H,26,28)(H2,22,23,24). The number of allylic oxidation sites excluding steroid dienone is 1. The van der Waals surface area contributed by atoms with E-state index < -0.39 is 0 Å². The second-order valence-corrected chi connectivity index (χ2v) is 6.71. The molecular formula is C20H21ClN6O2. The van der Waals surface area contributed by atoms with Crippen molar-refractivity contribution in [2.24, 2.45) is 0 Å². The first kappa shape index (κ1) is 20.4. The molecule has 0 saturated carbocycles. The number of hydrogen-bond donors (Lipinski definition) is 3. The van der Waals surface area contributed by atoms with Crippen LogP contribution in [0.25, 0.3) is 5.70 Å². The Morgan fingerprint density at radius 2 is 1.97 bits per heavy atom. The van der Waals surface area contributed by atoms with Gasteiger partial charge in [0.25, 0.3) is 5.91 Å². The molecule has 0 radical (unpaired) electrons. The molecule has 0 atom stereocenters. The Labute approximate surface area is 173 Å². The van der Waals surface area contributed by atoms with Crippen LogP contribution in [0.3, 0.4) is 0 Å². The van der Waals surface area contributed by atoms with Crippen LogP contribution in [0.1, 0.15) is 23.0 Å². The third-order valence-corrected chi connectivity index (χ3v) is 4.24. The fraction of sp³-hybridized carbons (Fsp3) is 0.150. The van der Waals surface area contributed by atoms with E-state index in [0.717, 1.165) is 17.2 Å². The van der Waals surface area contributed by atoms with Gasteiger partial charge in [-0.3, -0.25) is 9.63 Å².